The third-order valence-electron chi connectivity index (χ3n) is 2.65. The van der Waals surface area contributed by atoms with Crippen LogP contribution >= 0.6 is 11.6 Å². The van der Waals surface area contributed by atoms with Crippen LogP contribution in [-0.4, -0.2) is 34.8 Å². The lowest BCUT2D eigenvalue weighted by molar-refractivity contribution is -0.0751. The number of halogens is 1. The van der Waals surface area contributed by atoms with E-state index < -0.39 is 0 Å². The fourth-order valence-corrected chi connectivity index (χ4v) is 2.43. The fourth-order valence-electron chi connectivity index (χ4n) is 2.21. The minimum atomic E-state index is -0.311. The third kappa shape index (κ3) is 2.61. The van der Waals surface area contributed by atoms with Gasteiger partial charge in [0.2, 0.25) is 0 Å². The van der Waals surface area contributed by atoms with Crippen LogP contribution in [0.3, 0.4) is 0 Å². The maximum atomic E-state index is 11.4. The summed E-state index contributed by atoms with van der Waals surface area (Å²) in [4.78, 5) is 20.0. The zero-order valence-electron chi connectivity index (χ0n) is 10.2. The molecule has 0 spiro atoms. The highest BCUT2D eigenvalue weighted by Gasteiger charge is 2.33. The summed E-state index contributed by atoms with van der Waals surface area (Å²) >= 11 is 5.98. The number of aromatic amines is 1. The predicted molar refractivity (Wildman–Crippen MR) is 66.7 cm³/mol. The topological polar surface area (TPSA) is 58.2 Å². The van der Waals surface area contributed by atoms with E-state index in [-0.39, 0.29) is 22.3 Å². The molecule has 0 amide bonds. The van der Waals surface area contributed by atoms with E-state index in [9.17, 15) is 4.79 Å². The maximum Gasteiger partial charge on any atom is 0.271 e. The summed E-state index contributed by atoms with van der Waals surface area (Å²) in [7, 11) is 0. The lowest BCUT2D eigenvalue weighted by atomic mass is 10.1. The Hall–Kier alpha value is -1.07. The van der Waals surface area contributed by atoms with E-state index in [4.69, 9.17) is 16.3 Å². The van der Waals surface area contributed by atoms with Crippen LogP contribution in [0.1, 0.15) is 20.8 Å². The summed E-state index contributed by atoms with van der Waals surface area (Å²) in [5.74, 6) is 0.527. The summed E-state index contributed by atoms with van der Waals surface area (Å²) < 4.78 is 5.80. The zero-order valence-corrected chi connectivity index (χ0v) is 10.9. The van der Waals surface area contributed by atoms with Crippen molar-refractivity contribution in [1.29, 1.82) is 0 Å². The minimum Gasteiger partial charge on any atom is -0.369 e. The van der Waals surface area contributed by atoms with Crippen LogP contribution in [0.5, 0.6) is 0 Å². The van der Waals surface area contributed by atoms with Crippen LogP contribution in [0, 0.1) is 0 Å². The summed E-state index contributed by atoms with van der Waals surface area (Å²) in [6.07, 6.45) is 1.45. The molecule has 0 saturated carbocycles. The largest absolute Gasteiger partial charge is 0.369 e. The second-order valence-electron chi connectivity index (χ2n) is 4.94. The van der Waals surface area contributed by atoms with E-state index in [0.29, 0.717) is 18.9 Å². The number of aromatic nitrogens is 2. The van der Waals surface area contributed by atoms with Gasteiger partial charge < -0.3 is 14.6 Å². The molecule has 0 bridgehead atoms. The summed E-state index contributed by atoms with van der Waals surface area (Å²) in [5.41, 5.74) is -0.584. The number of nitrogens with zero attached hydrogens (tertiary/aromatic N) is 2. The normalized spacial score (nSPS) is 23.8. The fraction of sp³-hybridized carbons (Fsp3) is 0.636. The monoisotopic (exact) mass is 257 g/mol. The van der Waals surface area contributed by atoms with Crippen molar-refractivity contribution in [3.8, 4) is 0 Å². The highest BCUT2D eigenvalue weighted by Crippen LogP contribution is 2.27. The first-order chi connectivity index (χ1) is 7.89. The molecular formula is C11H16ClN3O2. The Balaban J connectivity index is 2.33. The molecular weight excluding hydrogens is 242 g/mol. The standard InChI is InChI=1S/C11H16ClN3O2/c1-7-4-15(5-11(2,3)17-7)9-8(12)10(16)14-6-13-9/h6-7H,4-5H2,1-3H3,(H,13,14,16). The lowest BCUT2D eigenvalue weighted by Crippen LogP contribution is -2.52. The van der Waals surface area contributed by atoms with E-state index in [1.54, 1.807) is 0 Å². The first-order valence-corrected chi connectivity index (χ1v) is 5.93. The third-order valence-corrected chi connectivity index (χ3v) is 2.99. The van der Waals surface area contributed by atoms with Crippen molar-refractivity contribution >= 4 is 17.4 Å². The molecule has 1 aromatic heterocycles. The Morgan fingerprint density at radius 2 is 2.35 bits per heavy atom. The highest BCUT2D eigenvalue weighted by atomic mass is 35.5. The van der Waals surface area contributed by atoms with E-state index in [1.807, 2.05) is 25.7 Å². The SMILES string of the molecule is CC1CN(c2nc[nH]c(=O)c2Cl)CC(C)(C)O1. The van der Waals surface area contributed by atoms with Crippen molar-refractivity contribution in [2.75, 3.05) is 18.0 Å². The van der Waals surface area contributed by atoms with E-state index in [0.717, 1.165) is 0 Å². The molecule has 1 N–H and O–H groups in total. The van der Waals surface area contributed by atoms with Gasteiger partial charge in [-0.2, -0.15) is 0 Å². The molecule has 1 aliphatic rings. The molecule has 1 fully saturated rings. The molecule has 0 aliphatic carbocycles. The van der Waals surface area contributed by atoms with Crippen molar-refractivity contribution in [2.24, 2.45) is 0 Å². The van der Waals surface area contributed by atoms with Gasteiger partial charge in [-0.3, -0.25) is 4.79 Å². The van der Waals surface area contributed by atoms with E-state index in [2.05, 4.69) is 9.97 Å². The highest BCUT2D eigenvalue weighted by molar-refractivity contribution is 6.32. The van der Waals surface area contributed by atoms with Gasteiger partial charge in [-0.1, -0.05) is 11.6 Å². The van der Waals surface area contributed by atoms with Gasteiger partial charge in [0.1, 0.15) is 5.02 Å². The lowest BCUT2D eigenvalue weighted by Gasteiger charge is -2.42. The summed E-state index contributed by atoms with van der Waals surface area (Å²) in [6.45, 7) is 7.36. The number of hydrogen-bond donors (Lipinski definition) is 1. The second-order valence-corrected chi connectivity index (χ2v) is 5.32. The number of H-pyrrole nitrogens is 1. The molecule has 0 radical (unpaired) electrons. The van der Waals surface area contributed by atoms with Crippen LogP contribution in [-0.2, 0) is 4.74 Å². The predicted octanol–water partition coefficient (Wildman–Crippen LogP) is 1.43. The van der Waals surface area contributed by atoms with Crippen LogP contribution < -0.4 is 10.5 Å². The summed E-state index contributed by atoms with van der Waals surface area (Å²) in [5, 5.41) is 0.136. The quantitative estimate of drug-likeness (QED) is 0.827. The summed E-state index contributed by atoms with van der Waals surface area (Å²) in [6, 6.07) is 0. The van der Waals surface area contributed by atoms with E-state index >= 15 is 0 Å². The first-order valence-electron chi connectivity index (χ1n) is 5.55. The van der Waals surface area contributed by atoms with Gasteiger partial charge in [0.25, 0.3) is 5.56 Å². The van der Waals surface area contributed by atoms with Crippen LogP contribution in [0.2, 0.25) is 5.02 Å². The van der Waals surface area contributed by atoms with Gasteiger partial charge in [0.15, 0.2) is 5.82 Å². The molecule has 2 rings (SSSR count). The van der Waals surface area contributed by atoms with Crippen molar-refractivity contribution in [1.82, 2.24) is 9.97 Å². The molecule has 0 aromatic carbocycles. The van der Waals surface area contributed by atoms with Gasteiger partial charge in [-0.15, -0.1) is 0 Å². The molecule has 1 aromatic rings. The number of rotatable bonds is 1. The maximum absolute atomic E-state index is 11.4. The number of ether oxygens (including phenoxy) is 1. The average molecular weight is 258 g/mol. The second kappa shape index (κ2) is 4.31. The average Bonchev–Trinajstić information content (AvgIpc) is 2.19. The Morgan fingerprint density at radius 1 is 1.65 bits per heavy atom. The smallest absolute Gasteiger partial charge is 0.271 e. The molecule has 1 aliphatic heterocycles. The van der Waals surface area contributed by atoms with Crippen molar-refractivity contribution < 1.29 is 4.74 Å². The van der Waals surface area contributed by atoms with Gasteiger partial charge in [-0.25, -0.2) is 4.98 Å². The van der Waals surface area contributed by atoms with Gasteiger partial charge in [-0.05, 0) is 20.8 Å². The van der Waals surface area contributed by atoms with Crippen molar-refractivity contribution in [3.05, 3.63) is 21.7 Å². The number of anilines is 1. The van der Waals surface area contributed by atoms with Crippen LogP contribution in [0.4, 0.5) is 5.82 Å². The molecule has 17 heavy (non-hydrogen) atoms. The molecule has 5 nitrogen and oxygen atoms in total. The van der Waals surface area contributed by atoms with Gasteiger partial charge >= 0.3 is 0 Å². The Bertz CT molecular complexity index is 472. The van der Waals surface area contributed by atoms with Crippen LogP contribution in [0.25, 0.3) is 0 Å². The molecule has 94 valence electrons. The van der Waals surface area contributed by atoms with Gasteiger partial charge in [0, 0.05) is 13.1 Å². The Kier molecular flexibility index (Phi) is 3.14. The molecule has 1 unspecified atom stereocenters. The zero-order chi connectivity index (χ0) is 12.6. The first kappa shape index (κ1) is 12.4. The molecule has 6 heteroatoms. The van der Waals surface area contributed by atoms with Crippen molar-refractivity contribution in [3.63, 3.8) is 0 Å². The van der Waals surface area contributed by atoms with Gasteiger partial charge in [0.05, 0.1) is 18.0 Å². The van der Waals surface area contributed by atoms with Crippen LogP contribution in [0.15, 0.2) is 11.1 Å². The Morgan fingerprint density at radius 3 is 3.00 bits per heavy atom. The Labute approximate surface area is 105 Å². The number of morpholine rings is 1. The molecule has 1 atom stereocenters. The minimum absolute atomic E-state index is 0.0795. The molecule has 1 saturated heterocycles. The number of nitrogens with one attached hydrogen (secondary N) is 1. The number of hydrogen-bond acceptors (Lipinski definition) is 4. The molecule has 2 heterocycles. The van der Waals surface area contributed by atoms with Crippen molar-refractivity contribution in [2.45, 2.75) is 32.5 Å². The van der Waals surface area contributed by atoms with E-state index in [1.165, 1.54) is 6.33 Å².